The number of aliphatic hydroxyl groups is 1. The molecule has 0 aliphatic heterocycles. The second-order valence-corrected chi connectivity index (χ2v) is 2.00. The van der Waals surface area contributed by atoms with Gasteiger partial charge in [0.15, 0.2) is 0 Å². The molecule has 0 spiro atoms. The zero-order valence-corrected chi connectivity index (χ0v) is 6.13. The molecule has 0 aromatic carbocycles. The van der Waals surface area contributed by atoms with Gasteiger partial charge in [-0.15, -0.1) is 0 Å². The Bertz CT molecular complexity index is 106. The summed E-state index contributed by atoms with van der Waals surface area (Å²) >= 11 is 0. The molecule has 0 aliphatic rings. The standard InChI is InChI=1S/C6H14N2O2/c1-2-5(9)6(10)8-4-3-7/h5,9H,2-4,7H2,1H3,(H,8,10). The number of hydrogen-bond donors (Lipinski definition) is 3. The van der Waals surface area contributed by atoms with E-state index < -0.39 is 6.10 Å². The minimum atomic E-state index is -0.883. The van der Waals surface area contributed by atoms with Crippen molar-refractivity contribution in [3.8, 4) is 0 Å². The van der Waals surface area contributed by atoms with Gasteiger partial charge in [0.05, 0.1) is 0 Å². The van der Waals surface area contributed by atoms with Gasteiger partial charge in [-0.2, -0.15) is 0 Å². The molecule has 0 saturated heterocycles. The lowest BCUT2D eigenvalue weighted by Gasteiger charge is -2.06. The minimum Gasteiger partial charge on any atom is -0.383 e. The van der Waals surface area contributed by atoms with Crippen LogP contribution in [0.5, 0.6) is 0 Å². The Kier molecular flexibility index (Phi) is 4.88. The summed E-state index contributed by atoms with van der Waals surface area (Å²) in [6.45, 7) is 2.57. The second kappa shape index (κ2) is 5.20. The van der Waals surface area contributed by atoms with Crippen molar-refractivity contribution in [1.82, 2.24) is 5.32 Å². The Labute approximate surface area is 60.4 Å². The van der Waals surface area contributed by atoms with Gasteiger partial charge in [-0.25, -0.2) is 0 Å². The Morgan fingerprint density at radius 2 is 2.40 bits per heavy atom. The van der Waals surface area contributed by atoms with Gasteiger partial charge >= 0.3 is 0 Å². The average Bonchev–Trinajstić information content (AvgIpc) is 1.98. The average molecular weight is 146 g/mol. The van der Waals surface area contributed by atoms with Crippen LogP contribution in [0.2, 0.25) is 0 Å². The first kappa shape index (κ1) is 9.39. The molecule has 1 amide bonds. The summed E-state index contributed by atoms with van der Waals surface area (Å²) in [5, 5.41) is 11.4. The topological polar surface area (TPSA) is 75.3 Å². The SMILES string of the molecule is CCC(O)C(=O)NCCN. The fourth-order valence-corrected chi connectivity index (χ4v) is 0.499. The quantitative estimate of drug-likeness (QED) is 0.468. The van der Waals surface area contributed by atoms with Crippen LogP contribution >= 0.6 is 0 Å². The van der Waals surface area contributed by atoms with Crippen molar-refractivity contribution in [2.45, 2.75) is 19.4 Å². The van der Waals surface area contributed by atoms with E-state index in [0.717, 1.165) is 0 Å². The highest BCUT2D eigenvalue weighted by Gasteiger charge is 2.09. The Balaban J connectivity index is 3.42. The monoisotopic (exact) mass is 146 g/mol. The van der Waals surface area contributed by atoms with Crippen LogP contribution in [0.15, 0.2) is 0 Å². The van der Waals surface area contributed by atoms with Crippen molar-refractivity contribution in [2.24, 2.45) is 5.73 Å². The van der Waals surface area contributed by atoms with Crippen molar-refractivity contribution < 1.29 is 9.90 Å². The van der Waals surface area contributed by atoms with Crippen molar-refractivity contribution in [3.63, 3.8) is 0 Å². The van der Waals surface area contributed by atoms with Crippen molar-refractivity contribution in [2.75, 3.05) is 13.1 Å². The highest BCUT2D eigenvalue weighted by atomic mass is 16.3. The maximum atomic E-state index is 10.7. The molecular weight excluding hydrogens is 132 g/mol. The predicted octanol–water partition coefficient (Wildman–Crippen LogP) is -1.17. The second-order valence-electron chi connectivity index (χ2n) is 2.00. The molecule has 0 radical (unpaired) electrons. The Morgan fingerprint density at radius 3 is 2.80 bits per heavy atom. The number of hydrogen-bond acceptors (Lipinski definition) is 3. The van der Waals surface area contributed by atoms with Gasteiger partial charge in [-0.1, -0.05) is 6.92 Å². The maximum Gasteiger partial charge on any atom is 0.248 e. The van der Waals surface area contributed by atoms with E-state index in [0.29, 0.717) is 19.5 Å². The normalized spacial score (nSPS) is 12.7. The summed E-state index contributed by atoms with van der Waals surface area (Å²) in [4.78, 5) is 10.7. The third-order valence-corrected chi connectivity index (χ3v) is 1.13. The van der Waals surface area contributed by atoms with E-state index in [2.05, 4.69) is 5.32 Å². The Morgan fingerprint density at radius 1 is 1.80 bits per heavy atom. The lowest BCUT2D eigenvalue weighted by atomic mass is 10.2. The van der Waals surface area contributed by atoms with Gasteiger partial charge in [0.2, 0.25) is 5.91 Å². The number of carbonyl (C=O) groups excluding carboxylic acids is 1. The fraction of sp³-hybridized carbons (Fsp3) is 0.833. The van der Waals surface area contributed by atoms with E-state index in [-0.39, 0.29) is 5.91 Å². The summed E-state index contributed by atoms with van der Waals surface area (Å²) in [6, 6.07) is 0. The smallest absolute Gasteiger partial charge is 0.248 e. The van der Waals surface area contributed by atoms with Gasteiger partial charge in [0.1, 0.15) is 6.10 Å². The van der Waals surface area contributed by atoms with Crippen LogP contribution in [0.3, 0.4) is 0 Å². The molecule has 1 atom stereocenters. The molecule has 60 valence electrons. The first-order valence-corrected chi connectivity index (χ1v) is 3.38. The van der Waals surface area contributed by atoms with Crippen LogP contribution in [0, 0.1) is 0 Å². The molecule has 4 N–H and O–H groups in total. The molecule has 1 unspecified atom stereocenters. The molecule has 10 heavy (non-hydrogen) atoms. The molecule has 0 saturated carbocycles. The van der Waals surface area contributed by atoms with Crippen LogP contribution in [-0.4, -0.2) is 30.2 Å². The van der Waals surface area contributed by atoms with E-state index in [1.54, 1.807) is 6.92 Å². The van der Waals surface area contributed by atoms with E-state index in [1.807, 2.05) is 0 Å². The molecule has 0 bridgehead atoms. The number of amides is 1. The summed E-state index contributed by atoms with van der Waals surface area (Å²) in [7, 11) is 0. The third-order valence-electron chi connectivity index (χ3n) is 1.13. The van der Waals surface area contributed by atoms with Crippen molar-refractivity contribution in [3.05, 3.63) is 0 Å². The first-order valence-electron chi connectivity index (χ1n) is 3.38. The van der Waals surface area contributed by atoms with Crippen LogP contribution in [0.1, 0.15) is 13.3 Å². The molecule has 0 aromatic rings. The van der Waals surface area contributed by atoms with E-state index in [1.165, 1.54) is 0 Å². The van der Waals surface area contributed by atoms with Gasteiger partial charge in [-0.3, -0.25) is 4.79 Å². The molecule has 4 heteroatoms. The van der Waals surface area contributed by atoms with Crippen LogP contribution in [-0.2, 0) is 4.79 Å². The van der Waals surface area contributed by atoms with Gasteiger partial charge in [0, 0.05) is 13.1 Å². The summed E-state index contributed by atoms with van der Waals surface area (Å²) in [5.74, 6) is -0.340. The van der Waals surface area contributed by atoms with Crippen LogP contribution in [0.25, 0.3) is 0 Å². The molecular formula is C6H14N2O2. The molecule has 4 nitrogen and oxygen atoms in total. The first-order chi connectivity index (χ1) is 4.72. The molecule has 0 aliphatic carbocycles. The number of carbonyl (C=O) groups is 1. The van der Waals surface area contributed by atoms with Gasteiger partial charge < -0.3 is 16.2 Å². The fourth-order valence-electron chi connectivity index (χ4n) is 0.499. The Hall–Kier alpha value is -0.610. The van der Waals surface area contributed by atoms with Gasteiger partial charge in [0.25, 0.3) is 0 Å². The van der Waals surface area contributed by atoms with Gasteiger partial charge in [-0.05, 0) is 6.42 Å². The number of aliphatic hydroxyl groups excluding tert-OH is 1. The lowest BCUT2D eigenvalue weighted by molar-refractivity contribution is -0.129. The minimum absolute atomic E-state index is 0.340. The van der Waals surface area contributed by atoms with Crippen LogP contribution < -0.4 is 11.1 Å². The highest BCUT2D eigenvalue weighted by molar-refractivity contribution is 5.80. The zero-order valence-electron chi connectivity index (χ0n) is 6.13. The molecule has 0 aromatic heterocycles. The maximum absolute atomic E-state index is 10.7. The van der Waals surface area contributed by atoms with E-state index >= 15 is 0 Å². The number of rotatable bonds is 4. The lowest BCUT2D eigenvalue weighted by Crippen LogP contribution is -2.36. The molecule has 0 fully saturated rings. The van der Waals surface area contributed by atoms with Crippen LogP contribution in [0.4, 0.5) is 0 Å². The number of nitrogens with two attached hydrogens (primary N) is 1. The molecule has 0 rings (SSSR count). The summed E-state index contributed by atoms with van der Waals surface area (Å²) in [5.41, 5.74) is 5.12. The summed E-state index contributed by atoms with van der Waals surface area (Å²) < 4.78 is 0. The largest absolute Gasteiger partial charge is 0.383 e. The summed E-state index contributed by atoms with van der Waals surface area (Å²) in [6.07, 6.45) is -0.442. The van der Waals surface area contributed by atoms with E-state index in [4.69, 9.17) is 10.8 Å². The number of nitrogens with one attached hydrogen (secondary N) is 1. The van der Waals surface area contributed by atoms with E-state index in [9.17, 15) is 4.79 Å². The molecule has 0 heterocycles. The van der Waals surface area contributed by atoms with Crippen molar-refractivity contribution in [1.29, 1.82) is 0 Å². The predicted molar refractivity (Wildman–Crippen MR) is 38.4 cm³/mol. The highest BCUT2D eigenvalue weighted by Crippen LogP contribution is 1.87. The zero-order chi connectivity index (χ0) is 7.98. The van der Waals surface area contributed by atoms with Crippen molar-refractivity contribution >= 4 is 5.91 Å². The third kappa shape index (κ3) is 3.42.